The van der Waals surface area contributed by atoms with Gasteiger partial charge in [-0.25, -0.2) is 9.97 Å². The van der Waals surface area contributed by atoms with Crippen molar-refractivity contribution in [2.45, 2.75) is 0 Å². The van der Waals surface area contributed by atoms with Crippen LogP contribution in [0.2, 0.25) is 0 Å². The highest BCUT2D eigenvalue weighted by Gasteiger charge is 2.13. The molecule has 170 valence electrons. The maximum Gasteiger partial charge on any atom is 0.161 e. The summed E-state index contributed by atoms with van der Waals surface area (Å²) in [6.45, 7) is 0.961. The average Bonchev–Trinajstić information content (AvgIpc) is 2.87. The molecule has 0 atom stereocenters. The van der Waals surface area contributed by atoms with Gasteiger partial charge in [0, 0.05) is 18.1 Å². The number of aromatic nitrogens is 2. The quantitative estimate of drug-likeness (QED) is 0.335. The summed E-state index contributed by atoms with van der Waals surface area (Å²) >= 11 is 0. The van der Waals surface area contributed by atoms with Crippen LogP contribution in [-0.2, 0) is 4.74 Å². The van der Waals surface area contributed by atoms with Gasteiger partial charge in [0.15, 0.2) is 23.0 Å². The van der Waals surface area contributed by atoms with E-state index < -0.39 is 0 Å². The molecule has 7 nitrogen and oxygen atoms in total. The molecule has 0 aliphatic heterocycles. The predicted molar refractivity (Wildman–Crippen MR) is 127 cm³/mol. The highest BCUT2D eigenvalue weighted by Crippen LogP contribution is 2.37. The molecule has 3 aromatic carbocycles. The zero-order valence-corrected chi connectivity index (χ0v) is 19.1. The molecule has 4 rings (SSSR count). The second-order valence-electron chi connectivity index (χ2n) is 7.23. The Morgan fingerprint density at radius 3 is 2.00 bits per heavy atom. The van der Waals surface area contributed by atoms with Crippen LogP contribution in [0.3, 0.4) is 0 Å². The number of rotatable bonds is 9. The number of fused-ring (bicyclic) bond motifs is 1. The largest absolute Gasteiger partial charge is 0.493 e. The van der Waals surface area contributed by atoms with Gasteiger partial charge in [0.1, 0.15) is 12.9 Å². The summed E-state index contributed by atoms with van der Waals surface area (Å²) in [5, 5.41) is 0.932. The van der Waals surface area contributed by atoms with Gasteiger partial charge in [-0.15, -0.1) is 0 Å². The minimum Gasteiger partial charge on any atom is -0.493 e. The maximum atomic E-state index is 5.76. The summed E-state index contributed by atoms with van der Waals surface area (Å²) < 4.78 is 27.2. The van der Waals surface area contributed by atoms with E-state index in [0.29, 0.717) is 36.2 Å². The van der Waals surface area contributed by atoms with Crippen molar-refractivity contribution in [3.05, 3.63) is 60.9 Å². The van der Waals surface area contributed by atoms with Crippen molar-refractivity contribution in [2.75, 3.05) is 41.7 Å². The molecule has 0 fully saturated rings. The molecule has 0 aliphatic rings. The molecule has 4 aromatic rings. The van der Waals surface area contributed by atoms with E-state index >= 15 is 0 Å². The molecule has 0 N–H and O–H groups in total. The van der Waals surface area contributed by atoms with Gasteiger partial charge in [0.25, 0.3) is 0 Å². The van der Waals surface area contributed by atoms with Crippen molar-refractivity contribution in [1.82, 2.24) is 9.97 Å². The third kappa shape index (κ3) is 4.68. The number of benzene rings is 3. The lowest BCUT2D eigenvalue weighted by atomic mass is 10.00. The summed E-state index contributed by atoms with van der Waals surface area (Å²) in [7, 11) is 6.51. The summed E-state index contributed by atoms with van der Waals surface area (Å²) in [4.78, 5) is 9.01. The number of hydrogen-bond acceptors (Lipinski definition) is 7. The zero-order chi connectivity index (χ0) is 23.2. The Morgan fingerprint density at radius 2 is 1.24 bits per heavy atom. The Morgan fingerprint density at radius 1 is 0.606 bits per heavy atom. The maximum absolute atomic E-state index is 5.76. The number of nitrogens with zero attached hydrogens (tertiary/aromatic N) is 2. The molecule has 0 spiro atoms. The summed E-state index contributed by atoms with van der Waals surface area (Å²) in [5.41, 5.74) is 4.59. The number of ether oxygens (including phenoxy) is 5. The predicted octanol–water partition coefficient (Wildman–Crippen LogP) is 5.01. The first-order chi connectivity index (χ1) is 16.2. The van der Waals surface area contributed by atoms with Gasteiger partial charge >= 0.3 is 0 Å². The minimum atomic E-state index is 0.453. The third-order valence-electron chi connectivity index (χ3n) is 5.33. The van der Waals surface area contributed by atoms with Gasteiger partial charge in [-0.1, -0.05) is 12.1 Å². The van der Waals surface area contributed by atoms with Crippen molar-refractivity contribution in [3.63, 3.8) is 0 Å². The van der Waals surface area contributed by atoms with Gasteiger partial charge in [-0.3, -0.25) is 0 Å². The topological polar surface area (TPSA) is 71.9 Å². The van der Waals surface area contributed by atoms with Crippen LogP contribution < -0.4 is 18.9 Å². The van der Waals surface area contributed by atoms with E-state index in [0.717, 1.165) is 33.3 Å². The van der Waals surface area contributed by atoms with Crippen LogP contribution in [0.25, 0.3) is 33.3 Å². The van der Waals surface area contributed by atoms with Crippen LogP contribution in [0, 0.1) is 0 Å². The second-order valence-corrected chi connectivity index (χ2v) is 7.23. The van der Waals surface area contributed by atoms with Gasteiger partial charge in [0.05, 0.1) is 39.1 Å². The normalized spacial score (nSPS) is 10.8. The summed E-state index contributed by atoms with van der Waals surface area (Å²) in [6, 6.07) is 17.7. The first-order valence-corrected chi connectivity index (χ1v) is 10.5. The molecule has 0 aliphatic carbocycles. The fourth-order valence-electron chi connectivity index (χ4n) is 3.65. The van der Waals surface area contributed by atoms with Crippen molar-refractivity contribution < 1.29 is 23.7 Å². The lowest BCUT2D eigenvalue weighted by Gasteiger charge is -2.13. The Kier molecular flexibility index (Phi) is 6.90. The van der Waals surface area contributed by atoms with Gasteiger partial charge in [0.2, 0.25) is 0 Å². The van der Waals surface area contributed by atoms with Gasteiger partial charge < -0.3 is 23.7 Å². The molecule has 1 aromatic heterocycles. The highest BCUT2D eigenvalue weighted by atomic mass is 16.5. The van der Waals surface area contributed by atoms with E-state index in [-0.39, 0.29) is 0 Å². The molecule has 0 unspecified atom stereocenters. The van der Waals surface area contributed by atoms with Gasteiger partial charge in [-0.2, -0.15) is 0 Å². The monoisotopic (exact) mass is 446 g/mol. The Hall–Kier alpha value is -3.84. The zero-order valence-electron chi connectivity index (χ0n) is 19.1. The third-order valence-corrected chi connectivity index (χ3v) is 5.33. The number of methoxy groups -OCH3 is 4. The molecule has 33 heavy (non-hydrogen) atoms. The molecule has 0 bridgehead atoms. The summed E-state index contributed by atoms with van der Waals surface area (Å²) in [6.07, 6.45) is 1.57. The van der Waals surface area contributed by atoms with Crippen LogP contribution >= 0.6 is 0 Å². The highest BCUT2D eigenvalue weighted by molar-refractivity contribution is 5.95. The lowest BCUT2D eigenvalue weighted by molar-refractivity contribution is 0.144. The molecule has 0 radical (unpaired) electrons. The molecule has 0 amide bonds. The minimum absolute atomic E-state index is 0.453. The van der Waals surface area contributed by atoms with Crippen LogP contribution in [0.15, 0.2) is 60.9 Å². The van der Waals surface area contributed by atoms with E-state index in [4.69, 9.17) is 23.7 Å². The first kappa shape index (κ1) is 22.4. The van der Waals surface area contributed by atoms with Gasteiger partial charge in [-0.05, 0) is 53.6 Å². The molecule has 0 saturated heterocycles. The molecular weight excluding hydrogens is 420 g/mol. The molecular formula is C26H26N2O5. The van der Waals surface area contributed by atoms with Crippen LogP contribution in [0.4, 0.5) is 0 Å². The van der Waals surface area contributed by atoms with E-state index in [1.807, 2.05) is 48.5 Å². The average molecular weight is 447 g/mol. The Balaban J connectivity index is 1.76. The van der Waals surface area contributed by atoms with E-state index in [2.05, 4.69) is 16.0 Å². The fourth-order valence-corrected chi connectivity index (χ4v) is 3.65. The standard InChI is InChI=1S/C26H26N2O5/c1-29-11-12-33-23-10-6-18(14-25(23)32-4)17-5-8-21-20(13-17)26(28-16-27-21)19-7-9-22(30-2)24(15-19)31-3/h5-10,13-16H,11-12H2,1-4H3. The smallest absolute Gasteiger partial charge is 0.161 e. The van der Waals surface area contributed by atoms with Crippen LogP contribution in [0.5, 0.6) is 23.0 Å². The Bertz CT molecular complexity index is 1260. The van der Waals surface area contributed by atoms with Crippen LogP contribution in [0.1, 0.15) is 0 Å². The second kappa shape index (κ2) is 10.2. The first-order valence-electron chi connectivity index (χ1n) is 10.5. The van der Waals surface area contributed by atoms with E-state index in [9.17, 15) is 0 Å². The van der Waals surface area contributed by atoms with Crippen molar-refractivity contribution >= 4 is 10.9 Å². The fraction of sp³-hybridized carbons (Fsp3) is 0.231. The molecule has 1 heterocycles. The molecule has 7 heteroatoms. The molecule has 0 saturated carbocycles. The lowest BCUT2D eigenvalue weighted by Crippen LogP contribution is -2.05. The van der Waals surface area contributed by atoms with Crippen LogP contribution in [-0.4, -0.2) is 51.6 Å². The number of hydrogen-bond donors (Lipinski definition) is 0. The van der Waals surface area contributed by atoms with Crippen molar-refractivity contribution in [3.8, 4) is 45.4 Å². The van der Waals surface area contributed by atoms with Crippen molar-refractivity contribution in [1.29, 1.82) is 0 Å². The van der Waals surface area contributed by atoms with E-state index in [1.165, 1.54) is 0 Å². The Labute approximate surface area is 192 Å². The van der Waals surface area contributed by atoms with Crippen molar-refractivity contribution in [2.24, 2.45) is 0 Å². The summed E-state index contributed by atoms with van der Waals surface area (Å²) in [5.74, 6) is 2.65. The van der Waals surface area contributed by atoms with E-state index in [1.54, 1.807) is 34.8 Å². The SMILES string of the molecule is COCCOc1ccc(-c2ccc3ncnc(-c4ccc(OC)c(OC)c4)c3c2)cc1OC.